The second-order valence-electron chi connectivity index (χ2n) is 7.08. The lowest BCUT2D eigenvalue weighted by atomic mass is 10.1. The summed E-state index contributed by atoms with van der Waals surface area (Å²) in [6.45, 7) is 6.36. The van der Waals surface area contributed by atoms with Gasteiger partial charge in [-0.1, -0.05) is 54.1 Å². The largest absolute Gasteiger partial charge is 0.381 e. The monoisotopic (exact) mass is 415 g/mol. The Hall–Kier alpha value is -2.08. The van der Waals surface area contributed by atoms with Gasteiger partial charge in [0.05, 0.1) is 19.3 Å². The van der Waals surface area contributed by atoms with Gasteiger partial charge in [0.1, 0.15) is 0 Å². The first-order valence-corrected chi connectivity index (χ1v) is 10.6. The molecule has 0 spiro atoms. The van der Waals surface area contributed by atoms with Crippen molar-refractivity contribution >= 4 is 17.6 Å². The molecule has 2 N–H and O–H groups in total. The fourth-order valence-corrected chi connectivity index (χ4v) is 3.33. The summed E-state index contributed by atoms with van der Waals surface area (Å²) in [5.74, 6) is 0.777. The van der Waals surface area contributed by atoms with Gasteiger partial charge in [-0.3, -0.25) is 0 Å². The van der Waals surface area contributed by atoms with Crippen molar-refractivity contribution in [3.8, 4) is 0 Å². The van der Waals surface area contributed by atoms with Gasteiger partial charge in [0.15, 0.2) is 5.96 Å². The minimum absolute atomic E-state index is 0.319. The lowest BCUT2D eigenvalue weighted by molar-refractivity contribution is -0.0390. The van der Waals surface area contributed by atoms with Crippen LogP contribution < -0.4 is 10.6 Å². The molecule has 0 aliphatic carbocycles. The maximum Gasteiger partial charge on any atom is 0.191 e. The Kier molecular flexibility index (Phi) is 8.81. The van der Waals surface area contributed by atoms with E-state index in [-0.39, 0.29) is 0 Å². The second kappa shape index (κ2) is 11.8. The van der Waals surface area contributed by atoms with E-state index < -0.39 is 0 Å². The molecule has 1 fully saturated rings. The van der Waals surface area contributed by atoms with E-state index in [1.165, 1.54) is 5.56 Å². The summed E-state index contributed by atoms with van der Waals surface area (Å²) in [6.07, 6.45) is 2.29. The highest BCUT2D eigenvalue weighted by Gasteiger charge is 2.13. The Morgan fingerprint density at radius 2 is 1.79 bits per heavy atom. The molecule has 0 radical (unpaired) electrons. The van der Waals surface area contributed by atoms with E-state index in [0.717, 1.165) is 54.7 Å². The average Bonchev–Trinajstić information content (AvgIpc) is 2.76. The molecule has 2 aromatic rings. The normalized spacial score (nSPS) is 15.3. The molecule has 29 heavy (non-hydrogen) atoms. The van der Waals surface area contributed by atoms with Gasteiger partial charge in [-0.05, 0) is 42.5 Å². The number of rotatable bonds is 8. The van der Waals surface area contributed by atoms with Crippen molar-refractivity contribution in [1.29, 1.82) is 0 Å². The van der Waals surface area contributed by atoms with Crippen molar-refractivity contribution in [2.24, 2.45) is 4.99 Å². The Bertz CT molecular complexity index is 774. The summed E-state index contributed by atoms with van der Waals surface area (Å²) in [7, 11) is 0. The molecule has 3 rings (SSSR count). The number of hydrogen-bond acceptors (Lipinski definition) is 3. The van der Waals surface area contributed by atoms with E-state index in [1.807, 2.05) is 24.3 Å². The quantitative estimate of drug-likeness (QED) is 0.498. The van der Waals surface area contributed by atoms with Crippen LogP contribution in [-0.2, 0) is 29.2 Å². The predicted molar refractivity (Wildman–Crippen MR) is 118 cm³/mol. The summed E-state index contributed by atoms with van der Waals surface area (Å²) in [5, 5.41) is 7.38. The lowest BCUT2D eigenvalue weighted by Crippen LogP contribution is -2.36. The summed E-state index contributed by atoms with van der Waals surface area (Å²) in [5.41, 5.74) is 3.40. The number of guanidine groups is 1. The second-order valence-corrected chi connectivity index (χ2v) is 7.49. The topological polar surface area (TPSA) is 54.9 Å². The van der Waals surface area contributed by atoms with Crippen LogP contribution in [0.5, 0.6) is 0 Å². The van der Waals surface area contributed by atoms with Gasteiger partial charge < -0.3 is 20.1 Å². The fourth-order valence-electron chi connectivity index (χ4n) is 3.13. The molecule has 0 atom stereocenters. The Labute approximate surface area is 178 Å². The zero-order valence-corrected chi connectivity index (χ0v) is 17.8. The number of ether oxygens (including phenoxy) is 2. The molecule has 156 valence electrons. The highest BCUT2D eigenvalue weighted by molar-refractivity contribution is 6.31. The molecule has 0 amide bonds. The average molecular weight is 416 g/mol. The van der Waals surface area contributed by atoms with E-state index in [1.54, 1.807) is 0 Å². The first-order chi connectivity index (χ1) is 14.2. The molecule has 5 nitrogen and oxygen atoms in total. The first-order valence-electron chi connectivity index (χ1n) is 10.3. The number of halogens is 1. The molecule has 1 saturated heterocycles. The molecule has 0 unspecified atom stereocenters. The van der Waals surface area contributed by atoms with Gasteiger partial charge >= 0.3 is 0 Å². The number of hydrogen-bond donors (Lipinski definition) is 2. The zero-order chi connectivity index (χ0) is 20.3. The fraction of sp³-hybridized carbons (Fsp3) is 0.435. The molecule has 1 aliphatic heterocycles. The predicted octanol–water partition coefficient (Wildman–Crippen LogP) is 4.29. The minimum atomic E-state index is 0.319. The highest BCUT2D eigenvalue weighted by Crippen LogP contribution is 2.15. The third-order valence-corrected chi connectivity index (χ3v) is 5.21. The molecule has 0 aromatic heterocycles. The van der Waals surface area contributed by atoms with Crippen LogP contribution in [0.1, 0.15) is 36.5 Å². The molecule has 1 heterocycles. The van der Waals surface area contributed by atoms with Crippen molar-refractivity contribution < 1.29 is 9.47 Å². The molecule has 6 heteroatoms. The van der Waals surface area contributed by atoms with Crippen LogP contribution in [0.15, 0.2) is 53.5 Å². The van der Waals surface area contributed by atoms with E-state index in [9.17, 15) is 0 Å². The number of aliphatic imine (C=N–C) groups is 1. The van der Waals surface area contributed by atoms with Gasteiger partial charge in [0, 0.05) is 31.3 Å². The van der Waals surface area contributed by atoms with Gasteiger partial charge in [0.2, 0.25) is 0 Å². The summed E-state index contributed by atoms with van der Waals surface area (Å²) < 4.78 is 11.4. The van der Waals surface area contributed by atoms with Gasteiger partial charge in [-0.25, -0.2) is 4.99 Å². The van der Waals surface area contributed by atoms with Crippen LogP contribution in [-0.4, -0.2) is 31.8 Å². The summed E-state index contributed by atoms with van der Waals surface area (Å²) in [6, 6.07) is 16.3. The lowest BCUT2D eigenvalue weighted by Gasteiger charge is -2.22. The van der Waals surface area contributed by atoms with Crippen molar-refractivity contribution in [1.82, 2.24) is 10.6 Å². The van der Waals surface area contributed by atoms with Crippen LogP contribution in [0.25, 0.3) is 0 Å². The maximum absolute atomic E-state index is 6.23. The minimum Gasteiger partial charge on any atom is -0.381 e. The standard InChI is InChI=1S/C23H30ClN3O2/c1-2-25-23(27-16-20-5-3-4-6-22(20)24)26-15-18-7-9-19(10-8-18)17-29-21-11-13-28-14-12-21/h3-10,21H,2,11-17H2,1H3,(H2,25,26,27). The van der Waals surface area contributed by atoms with Crippen LogP contribution in [0, 0.1) is 0 Å². The first kappa shape index (κ1) is 21.6. The number of benzene rings is 2. The molecule has 0 saturated carbocycles. The third kappa shape index (κ3) is 7.35. The summed E-state index contributed by atoms with van der Waals surface area (Å²) in [4.78, 5) is 4.68. The van der Waals surface area contributed by atoms with Gasteiger partial charge in [-0.15, -0.1) is 0 Å². The van der Waals surface area contributed by atoms with Crippen molar-refractivity contribution in [3.63, 3.8) is 0 Å². The molecule has 0 bridgehead atoms. The SMILES string of the molecule is CCNC(=NCc1ccc(COC2CCOCC2)cc1)NCc1ccccc1Cl. The van der Waals surface area contributed by atoms with E-state index >= 15 is 0 Å². The van der Waals surface area contributed by atoms with Crippen molar-refractivity contribution in [3.05, 3.63) is 70.2 Å². The van der Waals surface area contributed by atoms with E-state index in [2.05, 4.69) is 46.8 Å². The maximum atomic E-state index is 6.23. The number of nitrogens with zero attached hydrogens (tertiary/aromatic N) is 1. The third-order valence-electron chi connectivity index (χ3n) is 4.85. The van der Waals surface area contributed by atoms with E-state index in [4.69, 9.17) is 21.1 Å². The van der Waals surface area contributed by atoms with Crippen molar-refractivity contribution in [2.75, 3.05) is 19.8 Å². The highest BCUT2D eigenvalue weighted by atomic mass is 35.5. The summed E-state index contributed by atoms with van der Waals surface area (Å²) >= 11 is 6.23. The van der Waals surface area contributed by atoms with Crippen LogP contribution in [0.3, 0.4) is 0 Å². The number of nitrogens with one attached hydrogen (secondary N) is 2. The van der Waals surface area contributed by atoms with Gasteiger partial charge in [-0.2, -0.15) is 0 Å². The Morgan fingerprint density at radius 3 is 2.52 bits per heavy atom. The van der Waals surface area contributed by atoms with Crippen LogP contribution in [0.2, 0.25) is 5.02 Å². The van der Waals surface area contributed by atoms with Crippen LogP contribution in [0.4, 0.5) is 0 Å². The van der Waals surface area contributed by atoms with Crippen LogP contribution >= 0.6 is 11.6 Å². The molecule has 1 aliphatic rings. The Morgan fingerprint density at radius 1 is 1.07 bits per heavy atom. The molecular formula is C23H30ClN3O2. The zero-order valence-electron chi connectivity index (χ0n) is 17.0. The molecular weight excluding hydrogens is 386 g/mol. The van der Waals surface area contributed by atoms with E-state index in [0.29, 0.717) is 25.8 Å². The smallest absolute Gasteiger partial charge is 0.191 e. The Balaban J connectivity index is 1.49. The molecule has 2 aromatic carbocycles. The van der Waals surface area contributed by atoms with Crippen molar-refractivity contribution in [2.45, 2.75) is 45.6 Å². The van der Waals surface area contributed by atoms with Gasteiger partial charge in [0.25, 0.3) is 0 Å².